The minimum Gasteiger partial charge on any atom is -0.356 e. The van der Waals surface area contributed by atoms with Crippen LogP contribution in [-0.4, -0.2) is 40.0 Å². The molecular formula is C17H30N4S. The summed E-state index contributed by atoms with van der Waals surface area (Å²) in [7, 11) is 0. The maximum Gasteiger partial charge on any atom is 0.144 e. The van der Waals surface area contributed by atoms with Gasteiger partial charge in [-0.05, 0) is 50.6 Å². The fourth-order valence-electron chi connectivity index (χ4n) is 3.10. The Hall–Kier alpha value is -0.970. The van der Waals surface area contributed by atoms with E-state index in [2.05, 4.69) is 28.3 Å². The molecule has 124 valence electrons. The smallest absolute Gasteiger partial charge is 0.144 e. The highest BCUT2D eigenvalue weighted by Crippen LogP contribution is 2.24. The second kappa shape index (κ2) is 9.23. The van der Waals surface area contributed by atoms with Crippen LogP contribution >= 0.6 is 11.5 Å². The molecule has 0 N–H and O–H groups in total. The molecule has 2 rings (SSSR count). The molecule has 1 heterocycles. The Labute approximate surface area is 139 Å². The van der Waals surface area contributed by atoms with Gasteiger partial charge in [-0.1, -0.05) is 37.1 Å². The molecule has 1 aromatic rings. The SMILES string of the molecule is CCCCN(CC)C(=NCC1CCCCC1)c1snnc1C. The number of hydrogen-bond donors (Lipinski definition) is 0. The Balaban J connectivity index is 2.14. The fourth-order valence-corrected chi connectivity index (χ4v) is 3.79. The lowest BCUT2D eigenvalue weighted by Gasteiger charge is -2.25. The first kappa shape index (κ1) is 17.4. The number of rotatable bonds is 7. The molecule has 1 aliphatic rings. The number of aryl methyl sites for hydroxylation is 1. The van der Waals surface area contributed by atoms with Gasteiger partial charge in [0.05, 0.1) is 5.69 Å². The van der Waals surface area contributed by atoms with Crippen molar-refractivity contribution in [2.75, 3.05) is 19.6 Å². The zero-order chi connectivity index (χ0) is 15.8. The first-order chi connectivity index (χ1) is 10.8. The molecule has 1 saturated carbocycles. The van der Waals surface area contributed by atoms with Crippen molar-refractivity contribution in [2.45, 2.75) is 65.7 Å². The van der Waals surface area contributed by atoms with E-state index >= 15 is 0 Å². The van der Waals surface area contributed by atoms with Gasteiger partial charge >= 0.3 is 0 Å². The van der Waals surface area contributed by atoms with E-state index in [1.54, 1.807) is 0 Å². The van der Waals surface area contributed by atoms with Crippen LogP contribution in [0.4, 0.5) is 0 Å². The maximum absolute atomic E-state index is 5.05. The van der Waals surface area contributed by atoms with Crippen LogP contribution in [0, 0.1) is 12.8 Å². The van der Waals surface area contributed by atoms with Crippen LogP contribution in [0.15, 0.2) is 4.99 Å². The minimum atomic E-state index is 0.773. The molecule has 1 fully saturated rings. The molecule has 4 nitrogen and oxygen atoms in total. The Morgan fingerprint density at radius 3 is 2.64 bits per heavy atom. The topological polar surface area (TPSA) is 41.4 Å². The summed E-state index contributed by atoms with van der Waals surface area (Å²) in [6.45, 7) is 9.55. The van der Waals surface area contributed by atoms with Gasteiger partial charge in [0.25, 0.3) is 0 Å². The molecule has 0 aromatic carbocycles. The van der Waals surface area contributed by atoms with Crippen LogP contribution in [0.25, 0.3) is 0 Å². The molecule has 0 amide bonds. The van der Waals surface area contributed by atoms with E-state index in [4.69, 9.17) is 4.99 Å². The Morgan fingerprint density at radius 2 is 2.05 bits per heavy atom. The number of unbranched alkanes of at least 4 members (excludes halogenated alkanes) is 1. The van der Waals surface area contributed by atoms with Gasteiger partial charge < -0.3 is 4.90 Å². The summed E-state index contributed by atoms with van der Waals surface area (Å²) in [5, 5.41) is 4.19. The minimum absolute atomic E-state index is 0.773. The van der Waals surface area contributed by atoms with Crippen molar-refractivity contribution in [3.05, 3.63) is 10.6 Å². The first-order valence-electron chi connectivity index (χ1n) is 8.85. The third-order valence-electron chi connectivity index (χ3n) is 4.54. The van der Waals surface area contributed by atoms with E-state index in [1.165, 1.54) is 56.5 Å². The van der Waals surface area contributed by atoms with Crippen LogP contribution in [0.3, 0.4) is 0 Å². The highest BCUT2D eigenvalue weighted by atomic mass is 32.1. The summed E-state index contributed by atoms with van der Waals surface area (Å²) in [6, 6.07) is 0. The summed E-state index contributed by atoms with van der Waals surface area (Å²) < 4.78 is 4.12. The molecular weight excluding hydrogens is 292 g/mol. The van der Waals surface area contributed by atoms with E-state index in [9.17, 15) is 0 Å². The van der Waals surface area contributed by atoms with Crippen molar-refractivity contribution >= 4 is 17.4 Å². The summed E-state index contributed by atoms with van der Waals surface area (Å²) in [4.78, 5) is 8.62. The molecule has 0 spiro atoms. The second-order valence-corrected chi connectivity index (χ2v) is 7.04. The lowest BCUT2D eigenvalue weighted by molar-refractivity contribution is 0.363. The number of nitrogens with zero attached hydrogens (tertiary/aromatic N) is 4. The lowest BCUT2D eigenvalue weighted by Crippen LogP contribution is -2.33. The van der Waals surface area contributed by atoms with Crippen LogP contribution in [0.2, 0.25) is 0 Å². The zero-order valence-electron chi connectivity index (χ0n) is 14.3. The predicted octanol–water partition coefficient (Wildman–Crippen LogP) is 4.30. The van der Waals surface area contributed by atoms with Gasteiger partial charge in [-0.3, -0.25) is 4.99 Å². The molecule has 22 heavy (non-hydrogen) atoms. The monoisotopic (exact) mass is 322 g/mol. The van der Waals surface area contributed by atoms with E-state index in [0.717, 1.165) is 42.0 Å². The van der Waals surface area contributed by atoms with E-state index in [-0.39, 0.29) is 0 Å². The summed E-state index contributed by atoms with van der Waals surface area (Å²) in [5.41, 5.74) is 1.02. The predicted molar refractivity (Wildman–Crippen MR) is 94.8 cm³/mol. The lowest BCUT2D eigenvalue weighted by atomic mass is 9.89. The van der Waals surface area contributed by atoms with Crippen LogP contribution in [0.5, 0.6) is 0 Å². The van der Waals surface area contributed by atoms with Gasteiger partial charge in [0.15, 0.2) is 0 Å². The molecule has 0 aliphatic heterocycles. The van der Waals surface area contributed by atoms with Crippen molar-refractivity contribution < 1.29 is 0 Å². The van der Waals surface area contributed by atoms with Crippen molar-refractivity contribution in [1.29, 1.82) is 0 Å². The number of aromatic nitrogens is 2. The Kier molecular flexibility index (Phi) is 7.30. The average Bonchev–Trinajstić information content (AvgIpc) is 2.97. The quantitative estimate of drug-likeness (QED) is 0.555. The second-order valence-electron chi connectivity index (χ2n) is 6.29. The van der Waals surface area contributed by atoms with Gasteiger partial charge in [0, 0.05) is 19.6 Å². The highest BCUT2D eigenvalue weighted by molar-refractivity contribution is 7.08. The third-order valence-corrected chi connectivity index (χ3v) is 5.37. The summed E-state index contributed by atoms with van der Waals surface area (Å²) in [6.07, 6.45) is 9.28. The van der Waals surface area contributed by atoms with Gasteiger partial charge in [-0.15, -0.1) is 5.10 Å². The van der Waals surface area contributed by atoms with Crippen molar-refractivity contribution in [1.82, 2.24) is 14.5 Å². The van der Waals surface area contributed by atoms with Crippen LogP contribution < -0.4 is 0 Å². The molecule has 1 aliphatic carbocycles. The van der Waals surface area contributed by atoms with Gasteiger partial charge in [-0.2, -0.15) is 0 Å². The fraction of sp³-hybridized carbons (Fsp3) is 0.824. The molecule has 0 saturated heterocycles. The third kappa shape index (κ3) is 4.77. The van der Waals surface area contributed by atoms with E-state index in [0.29, 0.717) is 0 Å². The summed E-state index contributed by atoms with van der Waals surface area (Å²) >= 11 is 1.49. The Bertz CT molecular complexity index is 463. The molecule has 0 atom stereocenters. The average molecular weight is 323 g/mol. The number of amidine groups is 1. The summed E-state index contributed by atoms with van der Waals surface area (Å²) in [5.74, 6) is 1.91. The van der Waals surface area contributed by atoms with Crippen molar-refractivity contribution in [3.8, 4) is 0 Å². The van der Waals surface area contributed by atoms with Crippen molar-refractivity contribution in [3.63, 3.8) is 0 Å². The molecule has 0 radical (unpaired) electrons. The molecule has 5 heteroatoms. The largest absolute Gasteiger partial charge is 0.356 e. The molecule has 0 bridgehead atoms. The van der Waals surface area contributed by atoms with Crippen LogP contribution in [-0.2, 0) is 0 Å². The van der Waals surface area contributed by atoms with E-state index < -0.39 is 0 Å². The maximum atomic E-state index is 5.05. The Morgan fingerprint density at radius 1 is 1.27 bits per heavy atom. The number of hydrogen-bond acceptors (Lipinski definition) is 4. The van der Waals surface area contributed by atoms with Crippen molar-refractivity contribution in [2.24, 2.45) is 10.9 Å². The highest BCUT2D eigenvalue weighted by Gasteiger charge is 2.19. The van der Waals surface area contributed by atoms with E-state index in [1.807, 2.05) is 6.92 Å². The zero-order valence-corrected chi connectivity index (χ0v) is 15.2. The normalized spacial score (nSPS) is 17.0. The van der Waals surface area contributed by atoms with Crippen LogP contribution in [0.1, 0.15) is 69.4 Å². The van der Waals surface area contributed by atoms with Gasteiger partial charge in [0.2, 0.25) is 0 Å². The first-order valence-corrected chi connectivity index (χ1v) is 9.62. The number of aliphatic imine (C=N–C) groups is 1. The van der Waals surface area contributed by atoms with Gasteiger partial charge in [-0.25, -0.2) is 0 Å². The van der Waals surface area contributed by atoms with Gasteiger partial charge in [0.1, 0.15) is 10.7 Å². The molecule has 1 aromatic heterocycles. The molecule has 0 unspecified atom stereocenters. The standard InChI is InChI=1S/C17H30N4S/c1-4-6-12-21(5-2)17(16-14(3)19-20-22-16)18-13-15-10-8-7-9-11-15/h15H,4-13H2,1-3H3.